The maximum absolute atomic E-state index is 11.3. The molecular formula is C12H15BrO2S. The van der Waals surface area contributed by atoms with Gasteiger partial charge in [0.05, 0.1) is 0 Å². The summed E-state index contributed by atoms with van der Waals surface area (Å²) in [6.07, 6.45) is 1.24. The summed E-state index contributed by atoms with van der Waals surface area (Å²) in [4.78, 5) is 12.3. The molecule has 0 heterocycles. The van der Waals surface area contributed by atoms with E-state index in [1.807, 2.05) is 38.1 Å². The molecule has 0 radical (unpaired) electrons. The molecule has 2 nitrogen and oxygen atoms in total. The summed E-state index contributed by atoms with van der Waals surface area (Å²) in [6, 6.07) is 7.75. The van der Waals surface area contributed by atoms with E-state index in [0.29, 0.717) is 12.8 Å². The third kappa shape index (κ3) is 3.01. The minimum absolute atomic E-state index is 0.621. The molecule has 1 aromatic rings. The summed E-state index contributed by atoms with van der Waals surface area (Å²) >= 11 is 4.82. The van der Waals surface area contributed by atoms with E-state index >= 15 is 0 Å². The molecular weight excluding hydrogens is 288 g/mol. The predicted molar refractivity (Wildman–Crippen MR) is 70.9 cm³/mol. The van der Waals surface area contributed by atoms with E-state index in [1.54, 1.807) is 0 Å². The highest BCUT2D eigenvalue weighted by atomic mass is 79.9. The Bertz CT molecular complexity index is 375. The van der Waals surface area contributed by atoms with E-state index in [1.165, 1.54) is 11.8 Å². The second-order valence-corrected chi connectivity index (χ2v) is 5.94. The second kappa shape index (κ2) is 5.73. The quantitative estimate of drug-likeness (QED) is 0.829. The molecule has 0 aliphatic rings. The Hall–Kier alpha value is -0.480. The van der Waals surface area contributed by atoms with Crippen LogP contribution in [0.2, 0.25) is 0 Å². The van der Waals surface area contributed by atoms with Crippen LogP contribution < -0.4 is 0 Å². The molecule has 0 amide bonds. The number of halogens is 1. The first-order valence-electron chi connectivity index (χ1n) is 5.22. The van der Waals surface area contributed by atoms with Crippen LogP contribution in [0.25, 0.3) is 0 Å². The van der Waals surface area contributed by atoms with E-state index in [-0.39, 0.29) is 0 Å². The number of carbonyl (C=O) groups is 1. The highest BCUT2D eigenvalue weighted by Gasteiger charge is 2.35. The van der Waals surface area contributed by atoms with Crippen molar-refractivity contribution in [3.63, 3.8) is 0 Å². The molecule has 0 aliphatic carbocycles. The molecule has 0 aromatic heterocycles. The minimum atomic E-state index is -0.734. The van der Waals surface area contributed by atoms with Crippen molar-refractivity contribution in [2.75, 3.05) is 0 Å². The number of carboxylic acid groups (broad SMARTS) is 1. The summed E-state index contributed by atoms with van der Waals surface area (Å²) in [5.74, 6) is -0.734. The van der Waals surface area contributed by atoms with Gasteiger partial charge in [-0.2, -0.15) is 0 Å². The monoisotopic (exact) mass is 302 g/mol. The minimum Gasteiger partial charge on any atom is -0.480 e. The number of thioether (sulfide) groups is 1. The van der Waals surface area contributed by atoms with Crippen molar-refractivity contribution in [3.05, 3.63) is 28.7 Å². The van der Waals surface area contributed by atoms with E-state index < -0.39 is 10.7 Å². The van der Waals surface area contributed by atoms with E-state index in [9.17, 15) is 9.90 Å². The third-order valence-corrected chi connectivity index (χ3v) is 4.77. The molecule has 1 aromatic carbocycles. The summed E-state index contributed by atoms with van der Waals surface area (Å²) in [6.45, 7) is 3.84. The van der Waals surface area contributed by atoms with Crippen LogP contribution >= 0.6 is 27.7 Å². The van der Waals surface area contributed by atoms with Gasteiger partial charge in [0.25, 0.3) is 0 Å². The maximum atomic E-state index is 11.3. The second-order valence-electron chi connectivity index (χ2n) is 3.57. The first-order chi connectivity index (χ1) is 7.54. The molecule has 0 atom stereocenters. The van der Waals surface area contributed by atoms with Crippen LogP contribution in [0.15, 0.2) is 33.6 Å². The van der Waals surface area contributed by atoms with Gasteiger partial charge in [0.2, 0.25) is 0 Å². The van der Waals surface area contributed by atoms with Crippen molar-refractivity contribution in [2.45, 2.75) is 36.3 Å². The van der Waals surface area contributed by atoms with Gasteiger partial charge in [-0.1, -0.05) is 35.8 Å². The average Bonchev–Trinajstić information content (AvgIpc) is 2.25. The van der Waals surface area contributed by atoms with Crippen LogP contribution in [0.4, 0.5) is 0 Å². The zero-order valence-corrected chi connectivity index (χ0v) is 11.8. The lowest BCUT2D eigenvalue weighted by atomic mass is 10.0. The van der Waals surface area contributed by atoms with Gasteiger partial charge in [-0.3, -0.25) is 4.79 Å². The number of carboxylic acids is 1. The van der Waals surface area contributed by atoms with Crippen molar-refractivity contribution in [1.82, 2.24) is 0 Å². The van der Waals surface area contributed by atoms with Gasteiger partial charge in [-0.05, 0) is 31.0 Å². The number of rotatable bonds is 5. The standard InChI is InChI=1S/C12H15BrO2S/c1-3-12(4-2,11(14)15)16-10-7-5-6-9(13)8-10/h5-8H,3-4H2,1-2H3,(H,14,15). The smallest absolute Gasteiger partial charge is 0.320 e. The number of hydrogen-bond donors (Lipinski definition) is 1. The summed E-state index contributed by atoms with van der Waals surface area (Å²) in [5.41, 5.74) is 0. The van der Waals surface area contributed by atoms with Gasteiger partial charge in [-0.25, -0.2) is 0 Å². The first kappa shape index (κ1) is 13.6. The van der Waals surface area contributed by atoms with Crippen LogP contribution in [0, 0.1) is 0 Å². The van der Waals surface area contributed by atoms with Gasteiger partial charge >= 0.3 is 5.97 Å². The van der Waals surface area contributed by atoms with Gasteiger partial charge in [-0.15, -0.1) is 11.8 Å². The van der Waals surface area contributed by atoms with Crippen LogP contribution in [0.5, 0.6) is 0 Å². The van der Waals surface area contributed by atoms with E-state index in [2.05, 4.69) is 15.9 Å². The molecule has 1 rings (SSSR count). The van der Waals surface area contributed by atoms with Gasteiger partial charge < -0.3 is 5.11 Å². The van der Waals surface area contributed by atoms with Crippen LogP contribution in [0.1, 0.15) is 26.7 Å². The molecule has 16 heavy (non-hydrogen) atoms. The van der Waals surface area contributed by atoms with Crippen molar-refractivity contribution in [3.8, 4) is 0 Å². The Morgan fingerprint density at radius 3 is 2.50 bits per heavy atom. The van der Waals surface area contributed by atoms with E-state index in [4.69, 9.17) is 0 Å². The highest BCUT2D eigenvalue weighted by molar-refractivity contribution is 9.10. The lowest BCUT2D eigenvalue weighted by molar-refractivity contribution is -0.140. The molecule has 1 N–H and O–H groups in total. The summed E-state index contributed by atoms with van der Waals surface area (Å²) in [5, 5.41) is 9.32. The van der Waals surface area contributed by atoms with Gasteiger partial charge in [0, 0.05) is 9.37 Å². The van der Waals surface area contributed by atoms with Gasteiger partial charge in [0.1, 0.15) is 4.75 Å². The first-order valence-corrected chi connectivity index (χ1v) is 6.83. The van der Waals surface area contributed by atoms with Crippen LogP contribution in [-0.2, 0) is 4.79 Å². The largest absolute Gasteiger partial charge is 0.480 e. The summed E-state index contributed by atoms with van der Waals surface area (Å²) < 4.78 is 0.268. The zero-order valence-electron chi connectivity index (χ0n) is 9.37. The number of benzene rings is 1. The lowest BCUT2D eigenvalue weighted by Crippen LogP contribution is -2.33. The molecule has 0 saturated carbocycles. The molecule has 88 valence electrons. The Morgan fingerprint density at radius 1 is 1.44 bits per heavy atom. The fourth-order valence-electron chi connectivity index (χ4n) is 1.50. The Labute approximate surface area is 109 Å². The summed E-state index contributed by atoms with van der Waals surface area (Å²) in [7, 11) is 0. The topological polar surface area (TPSA) is 37.3 Å². The Kier molecular flexibility index (Phi) is 4.87. The van der Waals surface area contributed by atoms with Gasteiger partial charge in [0.15, 0.2) is 0 Å². The fourth-order valence-corrected chi connectivity index (χ4v) is 3.21. The van der Waals surface area contributed by atoms with Crippen molar-refractivity contribution < 1.29 is 9.90 Å². The van der Waals surface area contributed by atoms with Crippen LogP contribution in [0.3, 0.4) is 0 Å². The highest BCUT2D eigenvalue weighted by Crippen LogP contribution is 2.39. The molecule has 0 fully saturated rings. The predicted octanol–water partition coefficient (Wildman–Crippen LogP) is 4.18. The third-order valence-electron chi connectivity index (χ3n) is 2.64. The van der Waals surface area contributed by atoms with Crippen molar-refractivity contribution in [2.24, 2.45) is 0 Å². The molecule has 4 heteroatoms. The van der Waals surface area contributed by atoms with Crippen LogP contribution in [-0.4, -0.2) is 15.8 Å². The number of aliphatic carboxylic acids is 1. The maximum Gasteiger partial charge on any atom is 0.320 e. The Morgan fingerprint density at radius 2 is 2.06 bits per heavy atom. The molecule has 0 spiro atoms. The average molecular weight is 303 g/mol. The normalized spacial score (nSPS) is 11.4. The van der Waals surface area contributed by atoms with E-state index in [0.717, 1.165) is 9.37 Å². The van der Waals surface area contributed by atoms with Crippen molar-refractivity contribution >= 4 is 33.7 Å². The fraction of sp³-hybridized carbons (Fsp3) is 0.417. The van der Waals surface area contributed by atoms with Crippen molar-refractivity contribution in [1.29, 1.82) is 0 Å². The number of hydrogen-bond acceptors (Lipinski definition) is 2. The lowest BCUT2D eigenvalue weighted by Gasteiger charge is -2.25. The SMILES string of the molecule is CCC(CC)(Sc1cccc(Br)c1)C(=O)O. The Balaban J connectivity index is 2.96. The molecule has 0 unspecified atom stereocenters. The zero-order chi connectivity index (χ0) is 12.2. The molecule has 0 saturated heterocycles. The molecule has 0 aliphatic heterocycles. The molecule has 0 bridgehead atoms.